The summed E-state index contributed by atoms with van der Waals surface area (Å²) >= 11 is 6.03. The van der Waals surface area contributed by atoms with Gasteiger partial charge in [0, 0.05) is 10.7 Å². The predicted molar refractivity (Wildman–Crippen MR) is 96.0 cm³/mol. The average molecular weight is 340 g/mol. The molecule has 1 aliphatic rings. The number of fused-ring (bicyclic) bond motifs is 3. The van der Waals surface area contributed by atoms with E-state index in [2.05, 4.69) is 21.9 Å². The van der Waals surface area contributed by atoms with E-state index in [1.807, 2.05) is 55.2 Å². The molecule has 3 aromatic rings. The van der Waals surface area contributed by atoms with E-state index in [4.69, 9.17) is 21.7 Å². The van der Waals surface area contributed by atoms with E-state index in [0.717, 1.165) is 40.3 Å². The van der Waals surface area contributed by atoms with Gasteiger partial charge in [0.15, 0.2) is 11.6 Å². The zero-order chi connectivity index (χ0) is 16.7. The van der Waals surface area contributed by atoms with Crippen LogP contribution in [0.25, 0.3) is 5.69 Å². The molecule has 0 spiro atoms. The Morgan fingerprint density at radius 3 is 2.46 bits per heavy atom. The predicted octanol–water partition coefficient (Wildman–Crippen LogP) is 3.63. The van der Waals surface area contributed by atoms with Gasteiger partial charge in [-0.3, -0.25) is 0 Å². The van der Waals surface area contributed by atoms with Gasteiger partial charge in [-0.05, 0) is 50.5 Å². The van der Waals surface area contributed by atoms with Gasteiger partial charge in [0.1, 0.15) is 0 Å². The van der Waals surface area contributed by atoms with Crippen LogP contribution in [0.15, 0.2) is 48.5 Å². The second kappa shape index (κ2) is 5.92. The Morgan fingerprint density at radius 2 is 1.75 bits per heavy atom. The lowest BCUT2D eigenvalue weighted by atomic mass is 10.1. The normalized spacial score (nSPS) is 13.1. The molecule has 5 nitrogen and oxygen atoms in total. The van der Waals surface area contributed by atoms with Crippen molar-refractivity contribution in [1.29, 1.82) is 0 Å². The van der Waals surface area contributed by atoms with Gasteiger partial charge in [-0.25, -0.2) is 9.67 Å². The number of benzene rings is 2. The van der Waals surface area contributed by atoms with Gasteiger partial charge in [-0.1, -0.05) is 23.7 Å². The van der Waals surface area contributed by atoms with Crippen molar-refractivity contribution in [2.24, 2.45) is 0 Å². The molecule has 1 aliphatic heterocycles. The molecule has 0 aliphatic carbocycles. The number of rotatable bonds is 3. The summed E-state index contributed by atoms with van der Waals surface area (Å²) in [5, 5.41) is 5.43. The summed E-state index contributed by atoms with van der Waals surface area (Å²) in [5.41, 5.74) is 3.26. The highest BCUT2D eigenvalue weighted by molar-refractivity contribution is 6.30. The topological polar surface area (TPSA) is 37.2 Å². The Kier molecular flexibility index (Phi) is 3.75. The molecular weight excluding hydrogens is 322 g/mol. The van der Waals surface area contributed by atoms with Crippen LogP contribution in [0.3, 0.4) is 0 Å². The van der Waals surface area contributed by atoms with Crippen LogP contribution in [-0.2, 0) is 13.1 Å². The minimum absolute atomic E-state index is 0.680. The molecule has 6 heteroatoms. The fourth-order valence-electron chi connectivity index (χ4n) is 2.99. The fraction of sp³-hybridized carbons (Fsp3) is 0.222. The van der Waals surface area contributed by atoms with Crippen molar-refractivity contribution < 1.29 is 0 Å². The zero-order valence-electron chi connectivity index (χ0n) is 13.6. The van der Waals surface area contributed by atoms with Crippen molar-refractivity contribution in [1.82, 2.24) is 19.7 Å². The summed E-state index contributed by atoms with van der Waals surface area (Å²) in [5.74, 6) is 1.78. The molecule has 0 saturated carbocycles. The Hall–Kier alpha value is -2.37. The molecule has 1 aromatic heterocycles. The smallest absolute Gasteiger partial charge is 0.165 e. The van der Waals surface area contributed by atoms with Gasteiger partial charge in [0.2, 0.25) is 0 Å². The number of aromatic nitrogens is 3. The van der Waals surface area contributed by atoms with Crippen LogP contribution >= 0.6 is 11.6 Å². The van der Waals surface area contributed by atoms with Crippen LogP contribution in [0, 0.1) is 0 Å². The van der Waals surface area contributed by atoms with E-state index < -0.39 is 0 Å². The van der Waals surface area contributed by atoms with E-state index >= 15 is 0 Å². The highest BCUT2D eigenvalue weighted by atomic mass is 35.5. The maximum atomic E-state index is 6.03. The second-order valence-corrected chi connectivity index (χ2v) is 6.58. The molecule has 24 heavy (non-hydrogen) atoms. The third-order valence-electron chi connectivity index (χ3n) is 4.01. The molecule has 2 heterocycles. The van der Waals surface area contributed by atoms with Crippen molar-refractivity contribution in [3.8, 4) is 5.69 Å². The second-order valence-electron chi connectivity index (χ2n) is 6.15. The number of hydrogen-bond donors (Lipinski definition) is 0. The molecule has 0 atom stereocenters. The van der Waals surface area contributed by atoms with E-state index in [9.17, 15) is 0 Å². The van der Waals surface area contributed by atoms with Gasteiger partial charge < -0.3 is 9.80 Å². The molecule has 2 aromatic carbocycles. The lowest BCUT2D eigenvalue weighted by molar-refractivity contribution is 0.390. The van der Waals surface area contributed by atoms with Crippen molar-refractivity contribution >= 4 is 23.0 Å². The molecule has 0 amide bonds. The third kappa shape index (κ3) is 2.66. The van der Waals surface area contributed by atoms with Gasteiger partial charge in [-0.2, -0.15) is 0 Å². The molecule has 0 saturated heterocycles. The summed E-state index contributed by atoms with van der Waals surface area (Å²) in [6, 6.07) is 16.2. The standard InChI is InChI=1S/C18H18ClN5/c1-22(2)11-17-20-18-12-23(14-9-7-13(19)8-10-14)15-5-3-4-6-16(15)24(18)21-17/h3-10H,11-12H2,1-2H3. The lowest BCUT2D eigenvalue weighted by Gasteiger charge is -2.30. The quantitative estimate of drug-likeness (QED) is 0.730. The van der Waals surface area contributed by atoms with Crippen LogP contribution < -0.4 is 4.90 Å². The first-order valence-electron chi connectivity index (χ1n) is 7.84. The maximum Gasteiger partial charge on any atom is 0.165 e. The van der Waals surface area contributed by atoms with Crippen molar-refractivity contribution in [3.63, 3.8) is 0 Å². The Balaban J connectivity index is 1.80. The molecule has 122 valence electrons. The van der Waals surface area contributed by atoms with Crippen LogP contribution in [0.1, 0.15) is 11.6 Å². The summed E-state index contributed by atoms with van der Waals surface area (Å²) in [7, 11) is 4.04. The number of hydrogen-bond acceptors (Lipinski definition) is 4. The molecule has 4 rings (SSSR count). The maximum absolute atomic E-state index is 6.03. The van der Waals surface area contributed by atoms with E-state index in [1.165, 1.54) is 0 Å². The highest BCUT2D eigenvalue weighted by Crippen LogP contribution is 2.36. The average Bonchev–Trinajstić information content (AvgIpc) is 2.97. The van der Waals surface area contributed by atoms with Crippen LogP contribution in [0.5, 0.6) is 0 Å². The number of nitrogens with zero attached hydrogens (tertiary/aromatic N) is 5. The van der Waals surface area contributed by atoms with Crippen molar-refractivity contribution in [3.05, 3.63) is 65.2 Å². The van der Waals surface area contributed by atoms with E-state index in [-0.39, 0.29) is 0 Å². The Morgan fingerprint density at radius 1 is 1.04 bits per heavy atom. The minimum atomic E-state index is 0.680. The van der Waals surface area contributed by atoms with Crippen LogP contribution in [-0.4, -0.2) is 33.8 Å². The Labute approximate surface area is 146 Å². The fourth-order valence-corrected chi connectivity index (χ4v) is 3.11. The van der Waals surface area contributed by atoms with Gasteiger partial charge in [0.25, 0.3) is 0 Å². The van der Waals surface area contributed by atoms with E-state index in [0.29, 0.717) is 6.54 Å². The zero-order valence-corrected chi connectivity index (χ0v) is 14.4. The number of halogens is 1. The number of anilines is 2. The van der Waals surface area contributed by atoms with Crippen molar-refractivity contribution in [2.45, 2.75) is 13.1 Å². The summed E-state index contributed by atoms with van der Waals surface area (Å²) in [6.07, 6.45) is 0. The van der Waals surface area contributed by atoms with Crippen LogP contribution in [0.4, 0.5) is 11.4 Å². The first kappa shape index (κ1) is 15.2. The molecule has 0 fully saturated rings. The first-order valence-corrected chi connectivity index (χ1v) is 8.21. The van der Waals surface area contributed by atoms with Gasteiger partial charge in [-0.15, -0.1) is 5.10 Å². The Bertz CT molecular complexity index is 869. The molecule has 0 unspecified atom stereocenters. The monoisotopic (exact) mass is 339 g/mol. The summed E-state index contributed by atoms with van der Waals surface area (Å²) in [6.45, 7) is 1.40. The summed E-state index contributed by atoms with van der Waals surface area (Å²) < 4.78 is 1.96. The first-order chi connectivity index (χ1) is 11.6. The van der Waals surface area contributed by atoms with Gasteiger partial charge >= 0.3 is 0 Å². The van der Waals surface area contributed by atoms with E-state index in [1.54, 1.807) is 0 Å². The molecular formula is C18H18ClN5. The van der Waals surface area contributed by atoms with Crippen LogP contribution in [0.2, 0.25) is 5.02 Å². The molecule has 0 radical (unpaired) electrons. The number of para-hydroxylation sites is 2. The summed E-state index contributed by atoms with van der Waals surface area (Å²) in [4.78, 5) is 9.04. The molecule has 0 N–H and O–H groups in total. The molecule has 0 bridgehead atoms. The SMILES string of the molecule is CN(C)Cc1nc2n(n1)-c1ccccc1N(c1ccc(Cl)cc1)C2. The van der Waals surface area contributed by atoms with Crippen molar-refractivity contribution in [2.75, 3.05) is 19.0 Å². The minimum Gasteiger partial charge on any atom is -0.332 e. The van der Waals surface area contributed by atoms with Gasteiger partial charge in [0.05, 0.1) is 24.5 Å². The highest BCUT2D eigenvalue weighted by Gasteiger charge is 2.25. The lowest BCUT2D eigenvalue weighted by Crippen LogP contribution is -2.25. The largest absolute Gasteiger partial charge is 0.332 e. The third-order valence-corrected chi connectivity index (χ3v) is 4.27.